The number of hydrogen-bond acceptors (Lipinski definition) is 1. The fraction of sp³-hybridized carbons (Fsp3) is 0.500. The number of hydrogen-bond donors (Lipinski definition) is 0. The Kier molecular flexibility index (Phi) is 5.44. The van der Waals surface area contributed by atoms with Crippen LogP contribution in [0.4, 0.5) is 0 Å². The number of aliphatic imine (C=N–C) groups is 1. The third-order valence-electron chi connectivity index (χ3n) is 1.43. The Hall–Kier alpha value is -0.850. The first kappa shape index (κ1) is 10.2. The van der Waals surface area contributed by atoms with Gasteiger partial charge in [0.2, 0.25) is 0 Å². The van der Waals surface area contributed by atoms with Gasteiger partial charge in [0, 0.05) is 13.3 Å². The molecule has 11 heavy (non-hydrogen) atoms. The first-order chi connectivity index (χ1) is 5.22. The Morgan fingerprint density at radius 3 is 2.36 bits per heavy atom. The largest absolute Gasteiger partial charge is 0.296 e. The topological polar surface area (TPSA) is 12.4 Å². The van der Waals surface area contributed by atoms with E-state index >= 15 is 0 Å². The van der Waals surface area contributed by atoms with E-state index in [0.29, 0.717) is 5.92 Å². The SMILES string of the molecule is C\C=C/C=C(\C=N/C)C(C)C. The van der Waals surface area contributed by atoms with E-state index in [1.54, 1.807) is 7.05 Å². The van der Waals surface area contributed by atoms with Crippen LogP contribution in [0.15, 0.2) is 28.8 Å². The molecule has 0 atom stereocenters. The van der Waals surface area contributed by atoms with Gasteiger partial charge < -0.3 is 0 Å². The Morgan fingerprint density at radius 2 is 2.00 bits per heavy atom. The summed E-state index contributed by atoms with van der Waals surface area (Å²) in [6.45, 7) is 6.34. The van der Waals surface area contributed by atoms with E-state index in [-0.39, 0.29) is 0 Å². The van der Waals surface area contributed by atoms with Crippen molar-refractivity contribution in [3.63, 3.8) is 0 Å². The summed E-state index contributed by atoms with van der Waals surface area (Å²) in [6.07, 6.45) is 8.06. The lowest BCUT2D eigenvalue weighted by Crippen LogP contribution is -1.94. The van der Waals surface area contributed by atoms with Crippen molar-refractivity contribution in [1.29, 1.82) is 0 Å². The summed E-state index contributed by atoms with van der Waals surface area (Å²) in [5.74, 6) is 0.551. The Labute approximate surface area is 69.5 Å². The van der Waals surface area contributed by atoms with Gasteiger partial charge in [0.1, 0.15) is 0 Å². The van der Waals surface area contributed by atoms with Crippen molar-refractivity contribution in [2.45, 2.75) is 20.8 Å². The molecule has 0 radical (unpaired) electrons. The van der Waals surface area contributed by atoms with Crippen LogP contribution in [0.5, 0.6) is 0 Å². The van der Waals surface area contributed by atoms with E-state index in [9.17, 15) is 0 Å². The zero-order valence-corrected chi connectivity index (χ0v) is 7.83. The summed E-state index contributed by atoms with van der Waals surface area (Å²) in [7, 11) is 1.80. The normalized spacial score (nSPS) is 14.1. The molecule has 0 amide bonds. The zero-order chi connectivity index (χ0) is 8.69. The molecule has 1 heteroatoms. The van der Waals surface area contributed by atoms with Crippen LogP contribution in [-0.4, -0.2) is 13.3 Å². The monoisotopic (exact) mass is 151 g/mol. The maximum absolute atomic E-state index is 3.98. The minimum Gasteiger partial charge on any atom is -0.296 e. The highest BCUT2D eigenvalue weighted by Crippen LogP contribution is 2.06. The van der Waals surface area contributed by atoms with Gasteiger partial charge >= 0.3 is 0 Å². The summed E-state index contributed by atoms with van der Waals surface area (Å²) >= 11 is 0. The molecule has 0 aliphatic heterocycles. The maximum Gasteiger partial charge on any atom is 0.0277 e. The molecular formula is C10H17N. The quantitative estimate of drug-likeness (QED) is 0.434. The molecule has 0 aromatic heterocycles. The fourth-order valence-corrected chi connectivity index (χ4v) is 0.741. The number of nitrogens with zero attached hydrogens (tertiary/aromatic N) is 1. The second kappa shape index (κ2) is 5.90. The van der Waals surface area contributed by atoms with Crippen LogP contribution >= 0.6 is 0 Å². The second-order valence-corrected chi connectivity index (χ2v) is 2.73. The molecule has 0 bridgehead atoms. The second-order valence-electron chi connectivity index (χ2n) is 2.73. The van der Waals surface area contributed by atoms with Gasteiger partial charge in [-0.15, -0.1) is 0 Å². The van der Waals surface area contributed by atoms with Crippen molar-refractivity contribution in [3.05, 3.63) is 23.8 Å². The lowest BCUT2D eigenvalue weighted by molar-refractivity contribution is 0.806. The van der Waals surface area contributed by atoms with Crippen LogP contribution < -0.4 is 0 Å². The predicted molar refractivity (Wildman–Crippen MR) is 52.2 cm³/mol. The van der Waals surface area contributed by atoms with Crippen molar-refractivity contribution in [2.24, 2.45) is 10.9 Å². The molecule has 0 aliphatic carbocycles. The molecule has 0 fully saturated rings. The average molecular weight is 151 g/mol. The minimum absolute atomic E-state index is 0.551. The van der Waals surface area contributed by atoms with Crippen molar-refractivity contribution in [3.8, 4) is 0 Å². The van der Waals surface area contributed by atoms with Crippen molar-refractivity contribution in [1.82, 2.24) is 0 Å². The van der Waals surface area contributed by atoms with E-state index in [2.05, 4.69) is 24.9 Å². The molecule has 62 valence electrons. The van der Waals surface area contributed by atoms with E-state index in [1.165, 1.54) is 5.57 Å². The molecular weight excluding hydrogens is 134 g/mol. The maximum atomic E-state index is 3.98. The summed E-state index contributed by atoms with van der Waals surface area (Å²) in [6, 6.07) is 0. The standard InChI is InChI=1S/C10H17N/c1-5-6-7-10(8-11-4)9(2)3/h5-9H,1-4H3/b6-5-,10-7+,11-8-. The Balaban J connectivity index is 4.32. The van der Waals surface area contributed by atoms with Crippen LogP contribution in [0.1, 0.15) is 20.8 Å². The Morgan fingerprint density at radius 1 is 1.36 bits per heavy atom. The van der Waals surface area contributed by atoms with Crippen molar-refractivity contribution >= 4 is 6.21 Å². The van der Waals surface area contributed by atoms with Crippen LogP contribution in [0.3, 0.4) is 0 Å². The summed E-state index contributed by atoms with van der Waals surface area (Å²) in [4.78, 5) is 3.98. The minimum atomic E-state index is 0.551. The first-order valence-electron chi connectivity index (χ1n) is 3.97. The molecule has 0 heterocycles. The van der Waals surface area contributed by atoms with Crippen LogP contribution in [-0.2, 0) is 0 Å². The van der Waals surface area contributed by atoms with Gasteiger partial charge in [-0.1, -0.05) is 32.1 Å². The van der Waals surface area contributed by atoms with E-state index in [0.717, 1.165) is 0 Å². The lowest BCUT2D eigenvalue weighted by Gasteiger charge is -2.02. The molecule has 0 unspecified atom stereocenters. The van der Waals surface area contributed by atoms with Crippen LogP contribution in [0, 0.1) is 5.92 Å². The van der Waals surface area contributed by atoms with Gasteiger partial charge in [-0.25, -0.2) is 0 Å². The fourth-order valence-electron chi connectivity index (χ4n) is 0.741. The third kappa shape index (κ3) is 4.54. The molecule has 0 saturated carbocycles. The molecule has 0 rings (SSSR count). The smallest absolute Gasteiger partial charge is 0.0277 e. The van der Waals surface area contributed by atoms with E-state index in [4.69, 9.17) is 0 Å². The molecule has 0 aliphatic rings. The summed E-state index contributed by atoms with van der Waals surface area (Å²) < 4.78 is 0. The van der Waals surface area contributed by atoms with Gasteiger partial charge in [0.15, 0.2) is 0 Å². The van der Waals surface area contributed by atoms with Gasteiger partial charge in [-0.3, -0.25) is 4.99 Å². The highest BCUT2D eigenvalue weighted by atomic mass is 14.6. The van der Waals surface area contributed by atoms with Crippen LogP contribution in [0.25, 0.3) is 0 Å². The Bertz CT molecular complexity index is 173. The summed E-state index contributed by atoms with van der Waals surface area (Å²) in [5, 5.41) is 0. The number of allylic oxidation sites excluding steroid dienone is 4. The molecule has 0 saturated heterocycles. The van der Waals surface area contributed by atoms with E-state index in [1.807, 2.05) is 25.3 Å². The molecule has 0 aromatic carbocycles. The lowest BCUT2D eigenvalue weighted by atomic mass is 10.0. The number of rotatable bonds is 3. The average Bonchev–Trinajstić information content (AvgIpc) is 1.97. The van der Waals surface area contributed by atoms with Gasteiger partial charge in [-0.05, 0) is 18.4 Å². The van der Waals surface area contributed by atoms with Crippen LogP contribution in [0.2, 0.25) is 0 Å². The molecule has 0 aromatic rings. The zero-order valence-electron chi connectivity index (χ0n) is 7.83. The molecule has 1 nitrogen and oxygen atoms in total. The predicted octanol–water partition coefficient (Wildman–Crippen LogP) is 2.85. The van der Waals surface area contributed by atoms with E-state index < -0.39 is 0 Å². The van der Waals surface area contributed by atoms with Crippen molar-refractivity contribution < 1.29 is 0 Å². The summed E-state index contributed by atoms with van der Waals surface area (Å²) in [5.41, 5.74) is 1.27. The van der Waals surface area contributed by atoms with Gasteiger partial charge in [0.25, 0.3) is 0 Å². The molecule has 0 N–H and O–H groups in total. The van der Waals surface area contributed by atoms with Gasteiger partial charge in [0.05, 0.1) is 0 Å². The highest BCUT2D eigenvalue weighted by molar-refractivity contribution is 5.79. The van der Waals surface area contributed by atoms with Crippen molar-refractivity contribution in [2.75, 3.05) is 7.05 Å². The highest BCUT2D eigenvalue weighted by Gasteiger charge is 1.96. The first-order valence-corrected chi connectivity index (χ1v) is 3.97. The third-order valence-corrected chi connectivity index (χ3v) is 1.43. The molecule has 0 spiro atoms. The van der Waals surface area contributed by atoms with Gasteiger partial charge in [-0.2, -0.15) is 0 Å².